The van der Waals surface area contributed by atoms with Crippen LogP contribution in [0.2, 0.25) is 18.1 Å². The fourth-order valence-corrected chi connectivity index (χ4v) is 5.62. The molecule has 0 spiro atoms. The van der Waals surface area contributed by atoms with E-state index in [-0.39, 0.29) is 34.1 Å². The van der Waals surface area contributed by atoms with Gasteiger partial charge in [0.15, 0.2) is 14.4 Å². The molecule has 0 aromatic carbocycles. The van der Waals surface area contributed by atoms with Crippen molar-refractivity contribution in [1.29, 1.82) is 0 Å². The molecular weight excluding hydrogens is 358 g/mol. The maximum Gasteiger partial charge on any atom is 0.338 e. The van der Waals surface area contributed by atoms with Gasteiger partial charge in [-0.25, -0.2) is 4.79 Å². The fourth-order valence-electron chi connectivity index (χ4n) is 2.79. The largest absolute Gasteiger partial charge is 0.460 e. The number of esters is 1. The number of fused-ring (bicyclic) bond motifs is 1. The number of ether oxygens (including phenoxy) is 1. The molecule has 0 radical (unpaired) electrons. The number of nitrogens with zero attached hydrogens (tertiary/aromatic N) is 1. The standard InChI is InChI=1S/C17H27NO5SSi/c1-8-9-22-15(20)12-16(21)24-14-11(13(19)18(12)14)10(2)23-25(6,7)17(3,4)5/h8,10-12,14H,1,9H2,2-7H3/t10?,11-,12?,14+/m0/s1. The number of carbonyl (C=O) groups excluding carboxylic acids is 3. The van der Waals surface area contributed by atoms with Gasteiger partial charge in [-0.15, -0.1) is 0 Å². The Morgan fingerprint density at radius 2 is 2.00 bits per heavy atom. The Labute approximate surface area is 154 Å². The molecule has 4 atom stereocenters. The van der Waals surface area contributed by atoms with Crippen LogP contribution in [-0.4, -0.2) is 54.3 Å². The van der Waals surface area contributed by atoms with E-state index in [2.05, 4.69) is 40.4 Å². The monoisotopic (exact) mass is 385 g/mol. The summed E-state index contributed by atoms with van der Waals surface area (Å²) in [5, 5.41) is -0.654. The molecule has 2 unspecified atom stereocenters. The first-order chi connectivity index (χ1) is 11.4. The van der Waals surface area contributed by atoms with Crippen molar-refractivity contribution in [2.75, 3.05) is 6.61 Å². The maximum absolute atomic E-state index is 12.6. The summed E-state index contributed by atoms with van der Waals surface area (Å²) in [5.74, 6) is -1.31. The third-order valence-electron chi connectivity index (χ3n) is 5.22. The van der Waals surface area contributed by atoms with Crippen LogP contribution in [0.15, 0.2) is 12.7 Å². The molecule has 2 heterocycles. The molecule has 140 valence electrons. The molecular formula is C17H27NO5SSi. The van der Waals surface area contributed by atoms with Crippen LogP contribution in [0, 0.1) is 5.92 Å². The van der Waals surface area contributed by atoms with Gasteiger partial charge in [0, 0.05) is 0 Å². The van der Waals surface area contributed by atoms with Gasteiger partial charge < -0.3 is 14.1 Å². The van der Waals surface area contributed by atoms with Gasteiger partial charge in [-0.1, -0.05) is 45.2 Å². The zero-order valence-electron chi connectivity index (χ0n) is 15.7. The van der Waals surface area contributed by atoms with E-state index in [0.717, 1.165) is 11.8 Å². The predicted octanol–water partition coefficient (Wildman–Crippen LogP) is 2.55. The second-order valence-electron chi connectivity index (χ2n) is 8.00. The SMILES string of the molecule is C=CCOC(=O)C1C(=O)S[C@@H]2[C@@H](C(C)O[Si](C)(C)C(C)(C)C)C(=O)N12. The molecule has 0 bridgehead atoms. The highest BCUT2D eigenvalue weighted by atomic mass is 32.2. The van der Waals surface area contributed by atoms with Gasteiger partial charge >= 0.3 is 5.97 Å². The summed E-state index contributed by atoms with van der Waals surface area (Å²) < 4.78 is 11.3. The Morgan fingerprint density at radius 3 is 2.52 bits per heavy atom. The molecule has 1 amide bonds. The van der Waals surface area contributed by atoms with Crippen LogP contribution >= 0.6 is 11.8 Å². The summed E-state index contributed by atoms with van der Waals surface area (Å²) in [7, 11) is -2.03. The van der Waals surface area contributed by atoms with Gasteiger partial charge in [0.25, 0.3) is 0 Å². The first-order valence-electron chi connectivity index (χ1n) is 8.40. The summed E-state index contributed by atoms with van der Waals surface area (Å²) in [6.45, 7) is 16.1. The minimum Gasteiger partial charge on any atom is -0.460 e. The van der Waals surface area contributed by atoms with Crippen molar-refractivity contribution < 1.29 is 23.5 Å². The number of hydrogen-bond acceptors (Lipinski definition) is 6. The van der Waals surface area contributed by atoms with E-state index < -0.39 is 26.2 Å². The van der Waals surface area contributed by atoms with Crippen molar-refractivity contribution in [3.63, 3.8) is 0 Å². The summed E-state index contributed by atoms with van der Waals surface area (Å²) in [6, 6.07) is -1.14. The predicted molar refractivity (Wildman–Crippen MR) is 99.4 cm³/mol. The average Bonchev–Trinajstić information content (AvgIpc) is 2.76. The number of β-lactam (4-membered cyclic amide) rings is 1. The van der Waals surface area contributed by atoms with Crippen molar-refractivity contribution in [2.45, 2.75) is 63.3 Å². The van der Waals surface area contributed by atoms with Crippen LogP contribution in [0.4, 0.5) is 0 Å². The molecule has 2 fully saturated rings. The van der Waals surface area contributed by atoms with E-state index in [9.17, 15) is 14.4 Å². The number of carbonyl (C=O) groups is 3. The lowest BCUT2D eigenvalue weighted by Gasteiger charge is -2.48. The Kier molecular flexibility index (Phi) is 5.56. The van der Waals surface area contributed by atoms with Gasteiger partial charge in [0.05, 0.1) is 12.0 Å². The normalized spacial score (nSPS) is 27.6. The second kappa shape index (κ2) is 6.89. The topological polar surface area (TPSA) is 72.9 Å². The average molecular weight is 386 g/mol. The van der Waals surface area contributed by atoms with Gasteiger partial charge in [-0.2, -0.15) is 0 Å². The fraction of sp³-hybridized carbons (Fsp3) is 0.706. The van der Waals surface area contributed by atoms with Gasteiger partial charge in [0.1, 0.15) is 12.0 Å². The highest BCUT2D eigenvalue weighted by Crippen LogP contribution is 2.48. The molecule has 2 rings (SSSR count). The number of hydrogen-bond donors (Lipinski definition) is 0. The minimum absolute atomic E-state index is 0.0221. The van der Waals surface area contributed by atoms with Crippen LogP contribution in [0.3, 0.4) is 0 Å². The molecule has 0 aromatic heterocycles. The summed E-state index contributed by atoms with van der Waals surface area (Å²) >= 11 is 1.03. The quantitative estimate of drug-likeness (QED) is 0.230. The smallest absolute Gasteiger partial charge is 0.338 e. The van der Waals surface area contributed by atoms with E-state index in [0.29, 0.717) is 0 Å². The van der Waals surface area contributed by atoms with E-state index >= 15 is 0 Å². The van der Waals surface area contributed by atoms with Crippen molar-refractivity contribution in [3.05, 3.63) is 12.7 Å². The highest BCUT2D eigenvalue weighted by Gasteiger charge is 2.63. The molecule has 25 heavy (non-hydrogen) atoms. The van der Waals surface area contributed by atoms with Gasteiger partial charge in [-0.3, -0.25) is 9.59 Å². The zero-order chi connectivity index (χ0) is 19.2. The molecule has 2 aliphatic heterocycles. The summed E-state index contributed by atoms with van der Waals surface area (Å²) in [5.41, 5.74) is 0. The van der Waals surface area contributed by atoms with Crippen LogP contribution in [-0.2, 0) is 23.5 Å². The summed E-state index contributed by atoms with van der Waals surface area (Å²) in [4.78, 5) is 38.2. The van der Waals surface area contributed by atoms with E-state index in [1.165, 1.54) is 11.0 Å². The Hall–Kier alpha value is -1.12. The van der Waals surface area contributed by atoms with E-state index in [1.807, 2.05) is 6.92 Å². The van der Waals surface area contributed by atoms with Crippen LogP contribution in [0.1, 0.15) is 27.7 Å². The molecule has 2 aliphatic rings. The van der Waals surface area contributed by atoms with Crippen LogP contribution in [0.25, 0.3) is 0 Å². The Morgan fingerprint density at radius 1 is 1.40 bits per heavy atom. The van der Waals surface area contributed by atoms with E-state index in [1.54, 1.807) is 0 Å². The van der Waals surface area contributed by atoms with Crippen molar-refractivity contribution >= 4 is 37.1 Å². The minimum atomic E-state index is -2.03. The summed E-state index contributed by atoms with van der Waals surface area (Å²) in [6.07, 6.45) is 1.13. The maximum atomic E-state index is 12.6. The third-order valence-corrected chi connectivity index (χ3v) is 11.0. The lowest BCUT2D eigenvalue weighted by atomic mass is 9.91. The Bertz CT molecular complexity index is 600. The molecule has 8 heteroatoms. The number of thioether (sulfide) groups is 1. The van der Waals surface area contributed by atoms with Gasteiger partial charge in [0.2, 0.25) is 11.0 Å². The van der Waals surface area contributed by atoms with Crippen molar-refractivity contribution in [1.82, 2.24) is 4.90 Å². The van der Waals surface area contributed by atoms with Gasteiger partial charge in [-0.05, 0) is 25.1 Å². The van der Waals surface area contributed by atoms with Crippen LogP contribution in [0.5, 0.6) is 0 Å². The lowest BCUT2D eigenvalue weighted by molar-refractivity contribution is -0.169. The first-order valence-corrected chi connectivity index (χ1v) is 12.2. The highest BCUT2D eigenvalue weighted by molar-refractivity contribution is 8.14. The molecule has 0 N–H and O–H groups in total. The molecule has 2 saturated heterocycles. The van der Waals surface area contributed by atoms with Crippen molar-refractivity contribution in [2.24, 2.45) is 5.92 Å². The molecule has 6 nitrogen and oxygen atoms in total. The second-order valence-corrected chi connectivity index (χ2v) is 13.9. The lowest BCUT2D eigenvalue weighted by Crippen LogP contribution is -2.65. The Balaban J connectivity index is 2.09. The van der Waals surface area contributed by atoms with Crippen LogP contribution < -0.4 is 0 Å². The number of amides is 1. The van der Waals surface area contributed by atoms with Crippen molar-refractivity contribution in [3.8, 4) is 0 Å². The molecule has 0 aromatic rings. The number of rotatable bonds is 6. The first kappa shape index (κ1) is 20.2. The molecule has 0 aliphatic carbocycles. The van der Waals surface area contributed by atoms with E-state index in [4.69, 9.17) is 9.16 Å². The zero-order valence-corrected chi connectivity index (χ0v) is 17.5. The molecule has 0 saturated carbocycles. The third kappa shape index (κ3) is 3.57.